The molecule has 2 rings (SSSR count). The molecule has 126 valence electrons. The van der Waals surface area contributed by atoms with Crippen LogP contribution < -0.4 is 4.74 Å². The highest BCUT2D eigenvalue weighted by atomic mass is 16.6. The lowest BCUT2D eigenvalue weighted by Crippen LogP contribution is -2.31. The van der Waals surface area contributed by atoms with E-state index in [1.54, 1.807) is 37.3 Å². The molecule has 1 atom stereocenters. The van der Waals surface area contributed by atoms with Gasteiger partial charge in [0.15, 0.2) is 0 Å². The van der Waals surface area contributed by atoms with Gasteiger partial charge in [0.05, 0.1) is 24.5 Å². The first-order valence-corrected chi connectivity index (χ1v) is 7.56. The number of likely N-dealkylation sites (N-methyl/N-ethyl adjacent to an activating group) is 1. The number of nitro benzene ring substituents is 1. The maximum absolute atomic E-state index is 12.5. The van der Waals surface area contributed by atoms with Crippen LogP contribution in [0.1, 0.15) is 24.1 Å². The molecule has 0 radical (unpaired) electrons. The summed E-state index contributed by atoms with van der Waals surface area (Å²) < 4.78 is 5.13. The summed E-state index contributed by atoms with van der Waals surface area (Å²) in [5.74, 6) is 0.576. The van der Waals surface area contributed by atoms with Crippen molar-refractivity contribution in [3.05, 3.63) is 69.8 Å². The van der Waals surface area contributed by atoms with Gasteiger partial charge in [-0.2, -0.15) is 0 Å². The number of ether oxygens (including phenoxy) is 1. The van der Waals surface area contributed by atoms with Gasteiger partial charge in [-0.15, -0.1) is 0 Å². The minimum absolute atomic E-state index is 0.00581. The minimum Gasteiger partial charge on any atom is -0.497 e. The lowest BCUT2D eigenvalue weighted by molar-refractivity contribution is -0.385. The van der Waals surface area contributed by atoms with E-state index in [4.69, 9.17) is 4.74 Å². The van der Waals surface area contributed by atoms with E-state index in [0.717, 1.165) is 11.3 Å². The Morgan fingerprint density at radius 2 is 1.83 bits per heavy atom. The van der Waals surface area contributed by atoms with Crippen molar-refractivity contribution in [3.8, 4) is 5.75 Å². The summed E-state index contributed by atoms with van der Waals surface area (Å²) in [7, 11) is 3.30. The van der Waals surface area contributed by atoms with Crippen LogP contribution in [0, 0.1) is 10.1 Å². The number of nitrogens with zero attached hydrogens (tertiary/aromatic N) is 2. The van der Waals surface area contributed by atoms with E-state index in [9.17, 15) is 14.9 Å². The average Bonchev–Trinajstić information content (AvgIpc) is 2.60. The molecule has 1 unspecified atom stereocenters. The van der Waals surface area contributed by atoms with Crippen LogP contribution in [-0.2, 0) is 11.2 Å². The van der Waals surface area contributed by atoms with Crippen LogP contribution in [0.25, 0.3) is 0 Å². The second kappa shape index (κ2) is 7.59. The van der Waals surface area contributed by atoms with Crippen molar-refractivity contribution in [3.63, 3.8) is 0 Å². The zero-order valence-corrected chi connectivity index (χ0v) is 13.9. The standard InChI is InChI=1S/C18H20N2O4/c1-13(14-8-10-16(24-3)11-9-14)19(2)18(21)12-15-6-4-5-7-17(15)20(22)23/h4-11,13H,12H2,1-3H3. The van der Waals surface area contributed by atoms with E-state index in [1.165, 1.54) is 6.07 Å². The molecule has 0 spiro atoms. The summed E-state index contributed by atoms with van der Waals surface area (Å²) in [6.07, 6.45) is -0.00581. The molecule has 0 N–H and O–H groups in total. The Hall–Kier alpha value is -2.89. The second-order valence-corrected chi connectivity index (χ2v) is 5.52. The van der Waals surface area contributed by atoms with Crippen LogP contribution in [0.2, 0.25) is 0 Å². The van der Waals surface area contributed by atoms with E-state index >= 15 is 0 Å². The highest BCUT2D eigenvalue weighted by molar-refractivity contribution is 5.80. The fraction of sp³-hybridized carbons (Fsp3) is 0.278. The quantitative estimate of drug-likeness (QED) is 0.602. The Bertz CT molecular complexity index is 728. The summed E-state index contributed by atoms with van der Waals surface area (Å²) in [5, 5.41) is 11.1. The third-order valence-electron chi connectivity index (χ3n) is 4.10. The zero-order valence-electron chi connectivity index (χ0n) is 13.9. The van der Waals surface area contributed by atoms with Crippen molar-refractivity contribution in [2.24, 2.45) is 0 Å². The van der Waals surface area contributed by atoms with E-state index in [1.807, 2.05) is 31.2 Å². The van der Waals surface area contributed by atoms with Crippen LogP contribution >= 0.6 is 0 Å². The van der Waals surface area contributed by atoms with E-state index in [-0.39, 0.29) is 24.1 Å². The monoisotopic (exact) mass is 328 g/mol. The molecule has 2 aromatic carbocycles. The highest BCUT2D eigenvalue weighted by Crippen LogP contribution is 2.24. The number of rotatable bonds is 6. The molecular formula is C18H20N2O4. The molecule has 0 bridgehead atoms. The van der Waals surface area contributed by atoms with Gasteiger partial charge in [-0.25, -0.2) is 0 Å². The number of amides is 1. The molecule has 6 heteroatoms. The van der Waals surface area contributed by atoms with Crippen LogP contribution in [-0.4, -0.2) is 29.9 Å². The lowest BCUT2D eigenvalue weighted by atomic mass is 10.0. The Morgan fingerprint density at radius 1 is 1.21 bits per heavy atom. The molecule has 0 saturated carbocycles. The second-order valence-electron chi connectivity index (χ2n) is 5.52. The Labute approximate surface area is 140 Å². The van der Waals surface area contributed by atoms with Gasteiger partial charge in [-0.3, -0.25) is 14.9 Å². The fourth-order valence-electron chi connectivity index (χ4n) is 2.45. The molecule has 0 aliphatic carbocycles. The zero-order chi connectivity index (χ0) is 17.7. The first-order valence-electron chi connectivity index (χ1n) is 7.56. The van der Waals surface area contributed by atoms with E-state index in [2.05, 4.69) is 0 Å². The van der Waals surface area contributed by atoms with Crippen molar-refractivity contribution in [1.29, 1.82) is 0 Å². The van der Waals surface area contributed by atoms with Crippen LogP contribution in [0.5, 0.6) is 5.75 Å². The number of hydrogen-bond donors (Lipinski definition) is 0. The summed E-state index contributed by atoms with van der Waals surface area (Å²) in [6, 6.07) is 13.6. The molecule has 24 heavy (non-hydrogen) atoms. The van der Waals surface area contributed by atoms with Crippen molar-refractivity contribution in [2.45, 2.75) is 19.4 Å². The largest absolute Gasteiger partial charge is 0.497 e. The Morgan fingerprint density at radius 3 is 2.42 bits per heavy atom. The summed E-state index contributed by atoms with van der Waals surface area (Å²) in [6.45, 7) is 1.92. The molecule has 0 aliphatic rings. The fourth-order valence-corrected chi connectivity index (χ4v) is 2.45. The van der Waals surface area contributed by atoms with E-state index in [0.29, 0.717) is 5.56 Å². The Balaban J connectivity index is 2.12. The minimum atomic E-state index is -0.463. The highest BCUT2D eigenvalue weighted by Gasteiger charge is 2.21. The van der Waals surface area contributed by atoms with Gasteiger partial charge in [0.25, 0.3) is 5.69 Å². The van der Waals surface area contributed by atoms with Crippen molar-refractivity contribution in [2.75, 3.05) is 14.2 Å². The van der Waals surface area contributed by atoms with Crippen molar-refractivity contribution < 1.29 is 14.5 Å². The SMILES string of the molecule is COc1ccc(C(C)N(C)C(=O)Cc2ccccc2[N+](=O)[O-])cc1. The van der Waals surface area contributed by atoms with Gasteiger partial charge in [0, 0.05) is 18.7 Å². The molecule has 0 aliphatic heterocycles. The summed E-state index contributed by atoms with van der Waals surface area (Å²) in [4.78, 5) is 24.7. The number of carbonyl (C=O) groups is 1. The predicted molar refractivity (Wildman–Crippen MR) is 91.0 cm³/mol. The predicted octanol–water partition coefficient (Wildman–Crippen LogP) is 3.37. The third-order valence-corrected chi connectivity index (χ3v) is 4.10. The van der Waals surface area contributed by atoms with Crippen molar-refractivity contribution in [1.82, 2.24) is 4.90 Å². The molecule has 0 heterocycles. The van der Waals surface area contributed by atoms with Gasteiger partial charge in [-0.1, -0.05) is 30.3 Å². The Kier molecular flexibility index (Phi) is 5.52. The number of para-hydroxylation sites is 1. The number of nitro groups is 1. The van der Waals surface area contributed by atoms with Gasteiger partial charge in [-0.05, 0) is 24.6 Å². The molecule has 1 amide bonds. The number of carbonyl (C=O) groups excluding carboxylic acids is 1. The molecule has 0 fully saturated rings. The number of benzene rings is 2. The maximum Gasteiger partial charge on any atom is 0.273 e. The third kappa shape index (κ3) is 3.90. The molecule has 6 nitrogen and oxygen atoms in total. The van der Waals surface area contributed by atoms with Crippen LogP contribution in [0.3, 0.4) is 0 Å². The van der Waals surface area contributed by atoms with Gasteiger partial charge >= 0.3 is 0 Å². The van der Waals surface area contributed by atoms with Crippen molar-refractivity contribution >= 4 is 11.6 Å². The first kappa shape index (κ1) is 17.5. The topological polar surface area (TPSA) is 72.7 Å². The molecule has 0 aromatic heterocycles. The smallest absolute Gasteiger partial charge is 0.273 e. The number of methoxy groups -OCH3 is 1. The number of hydrogen-bond acceptors (Lipinski definition) is 4. The normalized spacial score (nSPS) is 11.6. The van der Waals surface area contributed by atoms with Gasteiger partial charge in [0.1, 0.15) is 5.75 Å². The summed E-state index contributed by atoms with van der Waals surface area (Å²) in [5.41, 5.74) is 1.35. The maximum atomic E-state index is 12.5. The molecule has 2 aromatic rings. The summed E-state index contributed by atoms with van der Waals surface area (Å²) >= 11 is 0. The average molecular weight is 328 g/mol. The van der Waals surface area contributed by atoms with Gasteiger partial charge < -0.3 is 9.64 Å². The lowest BCUT2D eigenvalue weighted by Gasteiger charge is -2.25. The van der Waals surface area contributed by atoms with E-state index < -0.39 is 4.92 Å². The molecular weight excluding hydrogens is 308 g/mol. The first-order chi connectivity index (χ1) is 11.4. The van der Waals surface area contributed by atoms with Crippen LogP contribution in [0.4, 0.5) is 5.69 Å². The van der Waals surface area contributed by atoms with Gasteiger partial charge in [0.2, 0.25) is 5.91 Å². The molecule has 0 saturated heterocycles. The van der Waals surface area contributed by atoms with Crippen LogP contribution in [0.15, 0.2) is 48.5 Å².